The fourth-order valence-electron chi connectivity index (χ4n) is 1.36. The molecule has 0 aliphatic rings. The van der Waals surface area contributed by atoms with Crippen LogP contribution in [-0.4, -0.2) is 29.1 Å². The van der Waals surface area contributed by atoms with Crippen LogP contribution in [0.2, 0.25) is 0 Å². The molecule has 90 valence electrons. The van der Waals surface area contributed by atoms with Gasteiger partial charge in [0.2, 0.25) is 0 Å². The highest BCUT2D eigenvalue weighted by molar-refractivity contribution is 7.22. The number of carbonyl (C=O) groups is 1. The molecule has 2 aromatic rings. The van der Waals surface area contributed by atoms with Crippen LogP contribution in [0.1, 0.15) is 15.4 Å². The van der Waals surface area contributed by atoms with Gasteiger partial charge in [0.05, 0.1) is 17.2 Å². The van der Waals surface area contributed by atoms with Crippen molar-refractivity contribution >= 4 is 28.6 Å². The maximum absolute atomic E-state index is 11.8. The lowest BCUT2D eigenvalue weighted by Crippen LogP contribution is -2.26. The van der Waals surface area contributed by atoms with Gasteiger partial charge in [-0.05, 0) is 18.4 Å². The van der Waals surface area contributed by atoms with Crippen molar-refractivity contribution in [2.75, 3.05) is 13.2 Å². The minimum absolute atomic E-state index is 0.0542. The lowest BCUT2D eigenvalue weighted by molar-refractivity contribution is 0.0948. The van der Waals surface area contributed by atoms with Crippen molar-refractivity contribution in [3.8, 4) is 9.88 Å². The van der Waals surface area contributed by atoms with Crippen molar-refractivity contribution in [3.63, 3.8) is 0 Å². The number of amides is 1. The zero-order valence-corrected chi connectivity index (χ0v) is 10.9. The molecule has 0 aliphatic carbocycles. The molecule has 2 N–H and O–H groups in total. The van der Waals surface area contributed by atoms with Crippen LogP contribution in [0.4, 0.5) is 0 Å². The van der Waals surface area contributed by atoms with E-state index in [4.69, 9.17) is 5.11 Å². The Morgan fingerprint density at radius 3 is 3.06 bits per heavy atom. The summed E-state index contributed by atoms with van der Waals surface area (Å²) < 4.78 is 0. The maximum atomic E-state index is 11.8. The van der Waals surface area contributed by atoms with Crippen LogP contribution in [0.3, 0.4) is 0 Å². The molecule has 0 aliphatic heterocycles. The Balaban J connectivity index is 2.22. The van der Waals surface area contributed by atoms with Crippen LogP contribution < -0.4 is 5.32 Å². The summed E-state index contributed by atoms with van der Waals surface area (Å²) >= 11 is 2.99. The first-order chi connectivity index (χ1) is 8.22. The molecule has 0 fully saturated rings. The molecule has 0 saturated heterocycles. The van der Waals surface area contributed by atoms with Gasteiger partial charge in [0.1, 0.15) is 9.88 Å². The molecule has 0 unspecified atom stereocenters. The number of thiophene rings is 1. The van der Waals surface area contributed by atoms with Gasteiger partial charge >= 0.3 is 0 Å². The highest BCUT2D eigenvalue weighted by Crippen LogP contribution is 2.30. The third kappa shape index (κ3) is 2.71. The SMILES string of the molecule is Cc1nc(-c2cccs2)sc1C(=O)NCCO. The van der Waals surface area contributed by atoms with E-state index in [1.54, 1.807) is 11.3 Å². The average molecular weight is 268 g/mol. The molecule has 2 rings (SSSR count). The normalized spacial score (nSPS) is 10.5. The van der Waals surface area contributed by atoms with E-state index >= 15 is 0 Å². The predicted molar refractivity (Wildman–Crippen MR) is 69.6 cm³/mol. The summed E-state index contributed by atoms with van der Waals surface area (Å²) in [6.07, 6.45) is 0. The average Bonchev–Trinajstić information content (AvgIpc) is 2.94. The van der Waals surface area contributed by atoms with E-state index in [0.717, 1.165) is 15.6 Å². The molecule has 17 heavy (non-hydrogen) atoms. The number of nitrogens with one attached hydrogen (secondary N) is 1. The second-order valence-corrected chi connectivity index (χ2v) is 5.34. The molecular weight excluding hydrogens is 256 g/mol. The van der Waals surface area contributed by atoms with Gasteiger partial charge < -0.3 is 10.4 Å². The number of nitrogens with zero attached hydrogens (tertiary/aromatic N) is 1. The molecule has 1 amide bonds. The summed E-state index contributed by atoms with van der Waals surface area (Å²) in [4.78, 5) is 17.8. The topological polar surface area (TPSA) is 62.2 Å². The molecule has 0 spiro atoms. The van der Waals surface area contributed by atoms with Crippen molar-refractivity contribution in [3.05, 3.63) is 28.1 Å². The monoisotopic (exact) mass is 268 g/mol. The number of thiazole rings is 1. The smallest absolute Gasteiger partial charge is 0.263 e. The van der Waals surface area contributed by atoms with Crippen LogP contribution in [0.15, 0.2) is 17.5 Å². The van der Waals surface area contributed by atoms with Crippen LogP contribution in [-0.2, 0) is 0 Å². The van der Waals surface area contributed by atoms with E-state index in [1.807, 2.05) is 24.4 Å². The van der Waals surface area contributed by atoms with Gasteiger partial charge in [-0.3, -0.25) is 4.79 Å². The number of carbonyl (C=O) groups excluding carboxylic acids is 1. The standard InChI is InChI=1S/C11H12N2O2S2/c1-7-9(10(15)12-4-5-14)17-11(13-7)8-3-2-6-16-8/h2-3,6,14H,4-5H2,1H3,(H,12,15). The van der Waals surface area contributed by atoms with Crippen molar-refractivity contribution < 1.29 is 9.90 Å². The third-order valence-corrected chi connectivity index (χ3v) is 4.33. The second-order valence-electron chi connectivity index (χ2n) is 3.39. The number of aryl methyl sites for hydroxylation is 1. The lowest BCUT2D eigenvalue weighted by Gasteiger charge is -1.99. The first-order valence-electron chi connectivity index (χ1n) is 5.12. The largest absolute Gasteiger partial charge is 0.395 e. The van der Waals surface area contributed by atoms with Crippen molar-refractivity contribution in [2.24, 2.45) is 0 Å². The fourth-order valence-corrected chi connectivity index (χ4v) is 3.14. The molecule has 2 heterocycles. The quantitative estimate of drug-likeness (QED) is 0.890. The maximum Gasteiger partial charge on any atom is 0.263 e. The van der Waals surface area contributed by atoms with Crippen LogP contribution >= 0.6 is 22.7 Å². The van der Waals surface area contributed by atoms with Gasteiger partial charge in [0.15, 0.2) is 0 Å². The molecular formula is C11H12N2O2S2. The Morgan fingerprint density at radius 1 is 1.59 bits per heavy atom. The third-order valence-electron chi connectivity index (χ3n) is 2.13. The molecule has 6 heteroatoms. The van der Waals surface area contributed by atoms with Crippen molar-refractivity contribution in [1.82, 2.24) is 10.3 Å². The second kappa shape index (κ2) is 5.39. The number of hydrogen-bond donors (Lipinski definition) is 2. The molecule has 0 aromatic carbocycles. The summed E-state index contributed by atoms with van der Waals surface area (Å²) in [5.74, 6) is -0.170. The number of aliphatic hydroxyl groups is 1. The van der Waals surface area contributed by atoms with Gasteiger partial charge in [-0.25, -0.2) is 4.98 Å². The first kappa shape index (κ1) is 12.2. The highest BCUT2D eigenvalue weighted by atomic mass is 32.1. The summed E-state index contributed by atoms with van der Waals surface area (Å²) in [6, 6.07) is 3.95. The van der Waals surface area contributed by atoms with E-state index in [9.17, 15) is 4.79 Å². The van der Waals surface area contributed by atoms with Gasteiger partial charge in [-0.15, -0.1) is 22.7 Å². The molecule has 0 radical (unpaired) electrons. The van der Waals surface area contributed by atoms with Crippen molar-refractivity contribution in [2.45, 2.75) is 6.92 Å². The summed E-state index contributed by atoms with van der Waals surface area (Å²) in [5.41, 5.74) is 0.730. The van der Waals surface area contributed by atoms with E-state index in [0.29, 0.717) is 4.88 Å². The zero-order valence-electron chi connectivity index (χ0n) is 9.27. The van der Waals surface area contributed by atoms with E-state index in [2.05, 4.69) is 10.3 Å². The number of hydrogen-bond acceptors (Lipinski definition) is 5. The molecule has 0 saturated carbocycles. The van der Waals surface area contributed by atoms with Crippen LogP contribution in [0.25, 0.3) is 9.88 Å². The number of aromatic nitrogens is 1. The minimum Gasteiger partial charge on any atom is -0.395 e. The van der Waals surface area contributed by atoms with E-state index in [1.165, 1.54) is 11.3 Å². The summed E-state index contributed by atoms with van der Waals surface area (Å²) in [5, 5.41) is 14.1. The minimum atomic E-state index is -0.170. The Morgan fingerprint density at radius 2 is 2.41 bits per heavy atom. The van der Waals surface area contributed by atoms with Crippen LogP contribution in [0, 0.1) is 6.92 Å². The Hall–Kier alpha value is -1.24. The van der Waals surface area contributed by atoms with Gasteiger partial charge in [-0.1, -0.05) is 6.07 Å². The molecule has 4 nitrogen and oxygen atoms in total. The lowest BCUT2D eigenvalue weighted by atomic mass is 10.3. The van der Waals surface area contributed by atoms with Gasteiger partial charge in [0, 0.05) is 6.54 Å². The van der Waals surface area contributed by atoms with Gasteiger partial charge in [0.25, 0.3) is 5.91 Å². The molecule has 0 bridgehead atoms. The Bertz CT molecular complexity index is 506. The zero-order chi connectivity index (χ0) is 12.3. The predicted octanol–water partition coefficient (Wildman–Crippen LogP) is 1.90. The van der Waals surface area contributed by atoms with Gasteiger partial charge in [-0.2, -0.15) is 0 Å². The summed E-state index contributed by atoms with van der Waals surface area (Å²) in [7, 11) is 0. The fraction of sp³-hybridized carbons (Fsp3) is 0.273. The van der Waals surface area contributed by atoms with E-state index < -0.39 is 0 Å². The Kier molecular flexibility index (Phi) is 3.88. The Labute approximate surface area is 107 Å². The molecule has 2 aromatic heterocycles. The number of rotatable bonds is 4. The highest BCUT2D eigenvalue weighted by Gasteiger charge is 2.15. The van der Waals surface area contributed by atoms with Crippen LogP contribution in [0.5, 0.6) is 0 Å². The number of aliphatic hydroxyl groups excluding tert-OH is 1. The molecule has 0 atom stereocenters. The van der Waals surface area contributed by atoms with Crippen molar-refractivity contribution in [1.29, 1.82) is 0 Å². The summed E-state index contributed by atoms with van der Waals surface area (Å²) in [6.45, 7) is 2.04. The van der Waals surface area contributed by atoms with E-state index in [-0.39, 0.29) is 19.1 Å². The first-order valence-corrected chi connectivity index (χ1v) is 6.82.